The van der Waals surface area contributed by atoms with Crippen LogP contribution in [-0.2, 0) is 0 Å². The molecule has 0 atom stereocenters. The van der Waals surface area contributed by atoms with Crippen LogP contribution in [-0.4, -0.2) is 9.38 Å². The van der Waals surface area contributed by atoms with Gasteiger partial charge in [0, 0.05) is 23.0 Å². The number of pyridine rings is 1. The number of nitrogens with zero attached hydrogens (tertiary/aromatic N) is 2. The molecule has 2 heterocycles. The Hall–Kier alpha value is -1.03. The van der Waals surface area contributed by atoms with Gasteiger partial charge in [0.05, 0.1) is 10.7 Å². The Bertz CT molecular complexity index is 661. The lowest BCUT2D eigenvalue weighted by molar-refractivity contribution is 1.19. The molecule has 0 amide bonds. The van der Waals surface area contributed by atoms with Gasteiger partial charge in [-0.15, -0.1) is 17.0 Å². The summed E-state index contributed by atoms with van der Waals surface area (Å²) in [6, 6.07) is 11.3. The highest BCUT2D eigenvalue weighted by atomic mass is 79.9. The largest absolute Gasteiger partial charge is 0.306 e. The van der Waals surface area contributed by atoms with Crippen LogP contribution in [0.25, 0.3) is 16.9 Å². The van der Waals surface area contributed by atoms with Crippen molar-refractivity contribution < 1.29 is 0 Å². The van der Waals surface area contributed by atoms with Crippen LogP contribution in [0.15, 0.2) is 48.8 Å². The third-order valence-electron chi connectivity index (χ3n) is 2.57. The molecule has 0 aliphatic carbocycles. The molecule has 3 aromatic rings. The van der Waals surface area contributed by atoms with Crippen molar-refractivity contribution in [2.75, 3.05) is 0 Å². The predicted molar refractivity (Wildman–Crippen MR) is 81.0 cm³/mol. The first-order valence-corrected chi connectivity index (χ1v) is 5.89. The number of rotatable bonds is 1. The van der Waals surface area contributed by atoms with E-state index < -0.39 is 0 Å². The summed E-state index contributed by atoms with van der Waals surface area (Å²) in [7, 11) is 0. The first-order valence-electron chi connectivity index (χ1n) is 5.13. The molecule has 0 radical (unpaired) electrons. The number of halogens is 3. The standard InChI is InChI=1S/C13H8Cl2N2.BrH/c14-9-4-5-10(11(15)7-9)12-8-17-6-2-1-3-13(17)16-12;/h1-8H;1H. The zero-order valence-electron chi connectivity index (χ0n) is 9.18. The number of hydrogen-bond acceptors (Lipinski definition) is 1. The van der Waals surface area contributed by atoms with Crippen LogP contribution in [0.1, 0.15) is 0 Å². The van der Waals surface area contributed by atoms with Gasteiger partial charge in [0.1, 0.15) is 5.65 Å². The molecule has 0 bridgehead atoms. The molecule has 2 aromatic heterocycles. The topological polar surface area (TPSA) is 17.3 Å². The molecule has 18 heavy (non-hydrogen) atoms. The van der Waals surface area contributed by atoms with Crippen molar-refractivity contribution in [2.24, 2.45) is 0 Å². The molecule has 1 aromatic carbocycles. The third-order valence-corrected chi connectivity index (χ3v) is 3.12. The Balaban J connectivity index is 0.00000120. The molecule has 0 unspecified atom stereocenters. The lowest BCUT2D eigenvalue weighted by atomic mass is 10.2. The van der Waals surface area contributed by atoms with Gasteiger partial charge in [0.15, 0.2) is 0 Å². The molecule has 5 heteroatoms. The molecule has 0 N–H and O–H groups in total. The fourth-order valence-corrected chi connectivity index (χ4v) is 2.27. The molecule has 0 fully saturated rings. The van der Waals surface area contributed by atoms with Crippen LogP contribution in [0.4, 0.5) is 0 Å². The van der Waals surface area contributed by atoms with Crippen molar-refractivity contribution in [3.8, 4) is 11.3 Å². The van der Waals surface area contributed by atoms with E-state index in [2.05, 4.69) is 4.98 Å². The smallest absolute Gasteiger partial charge is 0.137 e. The molecular formula is C13H9BrCl2N2. The lowest BCUT2D eigenvalue weighted by Gasteiger charge is -2.00. The van der Waals surface area contributed by atoms with Crippen LogP contribution in [0.3, 0.4) is 0 Å². The van der Waals surface area contributed by atoms with Crippen LogP contribution in [0.5, 0.6) is 0 Å². The average Bonchev–Trinajstić information content (AvgIpc) is 2.72. The van der Waals surface area contributed by atoms with E-state index in [0.717, 1.165) is 16.9 Å². The molecule has 0 saturated heterocycles. The second-order valence-corrected chi connectivity index (χ2v) is 4.56. The maximum atomic E-state index is 6.16. The zero-order chi connectivity index (χ0) is 11.8. The van der Waals surface area contributed by atoms with E-state index in [1.165, 1.54) is 0 Å². The highest BCUT2D eigenvalue weighted by Gasteiger charge is 2.08. The van der Waals surface area contributed by atoms with Gasteiger partial charge in [0.25, 0.3) is 0 Å². The van der Waals surface area contributed by atoms with Crippen molar-refractivity contribution in [2.45, 2.75) is 0 Å². The molecule has 2 nitrogen and oxygen atoms in total. The predicted octanol–water partition coefficient (Wildman–Crippen LogP) is 4.89. The monoisotopic (exact) mass is 342 g/mol. The number of aromatic nitrogens is 2. The second kappa shape index (κ2) is 5.31. The van der Waals surface area contributed by atoms with Crippen LogP contribution in [0, 0.1) is 0 Å². The third kappa shape index (κ3) is 2.39. The van der Waals surface area contributed by atoms with Crippen LogP contribution < -0.4 is 0 Å². The summed E-state index contributed by atoms with van der Waals surface area (Å²) >= 11 is 12.0. The average molecular weight is 344 g/mol. The number of hydrogen-bond donors (Lipinski definition) is 0. The summed E-state index contributed by atoms with van der Waals surface area (Å²) in [6.45, 7) is 0. The molecule has 92 valence electrons. The fraction of sp³-hybridized carbons (Fsp3) is 0. The summed E-state index contributed by atoms with van der Waals surface area (Å²) < 4.78 is 1.96. The molecule has 0 aliphatic rings. The van der Waals surface area contributed by atoms with Crippen LogP contribution in [0.2, 0.25) is 10.0 Å². The number of imidazole rings is 1. The minimum Gasteiger partial charge on any atom is -0.306 e. The zero-order valence-corrected chi connectivity index (χ0v) is 12.4. The number of fused-ring (bicyclic) bond motifs is 1. The van der Waals surface area contributed by atoms with E-state index in [9.17, 15) is 0 Å². The van der Waals surface area contributed by atoms with E-state index >= 15 is 0 Å². The van der Waals surface area contributed by atoms with Crippen molar-refractivity contribution in [1.82, 2.24) is 9.38 Å². The molecule has 0 saturated carbocycles. The normalized spacial score (nSPS) is 10.3. The summed E-state index contributed by atoms with van der Waals surface area (Å²) in [4.78, 5) is 4.51. The SMILES string of the molecule is Br.Clc1ccc(-c2cn3ccccc3n2)c(Cl)c1. The van der Waals surface area contributed by atoms with Gasteiger partial charge in [-0.25, -0.2) is 4.98 Å². The van der Waals surface area contributed by atoms with Crippen molar-refractivity contribution in [3.63, 3.8) is 0 Å². The summed E-state index contributed by atoms with van der Waals surface area (Å²) in [5.74, 6) is 0. The van der Waals surface area contributed by atoms with Crippen molar-refractivity contribution in [1.29, 1.82) is 0 Å². The highest BCUT2D eigenvalue weighted by Crippen LogP contribution is 2.29. The Labute approximate surface area is 125 Å². The minimum absolute atomic E-state index is 0. The van der Waals surface area contributed by atoms with E-state index in [-0.39, 0.29) is 17.0 Å². The van der Waals surface area contributed by atoms with E-state index in [4.69, 9.17) is 23.2 Å². The molecule has 3 rings (SSSR count). The van der Waals surface area contributed by atoms with Crippen molar-refractivity contribution >= 4 is 45.8 Å². The molecule has 0 aliphatic heterocycles. The van der Waals surface area contributed by atoms with Gasteiger partial charge in [-0.05, 0) is 30.3 Å². The summed E-state index contributed by atoms with van der Waals surface area (Å²) in [5.41, 5.74) is 2.63. The van der Waals surface area contributed by atoms with Gasteiger partial charge < -0.3 is 4.40 Å². The van der Waals surface area contributed by atoms with Gasteiger partial charge in [-0.3, -0.25) is 0 Å². The van der Waals surface area contributed by atoms with Crippen molar-refractivity contribution in [3.05, 3.63) is 58.8 Å². The van der Waals surface area contributed by atoms with Gasteiger partial charge in [0.2, 0.25) is 0 Å². The lowest BCUT2D eigenvalue weighted by Crippen LogP contribution is -1.79. The molecule has 0 spiro atoms. The first-order chi connectivity index (χ1) is 8.24. The minimum atomic E-state index is 0. The Morgan fingerprint density at radius 1 is 1.06 bits per heavy atom. The quantitative estimate of drug-likeness (QED) is 0.615. The fourth-order valence-electron chi connectivity index (χ4n) is 1.76. The van der Waals surface area contributed by atoms with E-state index in [1.807, 2.05) is 47.1 Å². The van der Waals surface area contributed by atoms with E-state index in [1.54, 1.807) is 6.07 Å². The Kier molecular flexibility index (Phi) is 3.95. The van der Waals surface area contributed by atoms with E-state index in [0.29, 0.717) is 10.0 Å². The van der Waals surface area contributed by atoms with Gasteiger partial charge in [-0.1, -0.05) is 29.3 Å². The Morgan fingerprint density at radius 3 is 2.61 bits per heavy atom. The number of benzene rings is 1. The maximum Gasteiger partial charge on any atom is 0.137 e. The highest BCUT2D eigenvalue weighted by molar-refractivity contribution is 8.93. The summed E-state index contributed by atoms with van der Waals surface area (Å²) in [5, 5.41) is 1.24. The first kappa shape index (κ1) is 13.4. The maximum absolute atomic E-state index is 6.16. The summed E-state index contributed by atoms with van der Waals surface area (Å²) in [6.07, 6.45) is 3.90. The second-order valence-electron chi connectivity index (χ2n) is 3.72. The van der Waals surface area contributed by atoms with Gasteiger partial charge in [-0.2, -0.15) is 0 Å². The van der Waals surface area contributed by atoms with Crippen LogP contribution >= 0.6 is 40.2 Å². The Morgan fingerprint density at radius 2 is 1.89 bits per heavy atom. The van der Waals surface area contributed by atoms with Gasteiger partial charge >= 0.3 is 0 Å². The molecular weight excluding hydrogens is 335 g/mol.